The number of carbonyl (C=O) groups excluding carboxylic acids is 1. The van der Waals surface area contributed by atoms with Crippen LogP contribution >= 0.6 is 0 Å². The molecule has 8 heteroatoms. The van der Waals surface area contributed by atoms with Crippen molar-refractivity contribution < 1.29 is 32.3 Å². The van der Waals surface area contributed by atoms with Crippen LogP contribution < -0.4 is 5.32 Å². The highest BCUT2D eigenvalue weighted by Crippen LogP contribution is 2.12. The molecule has 0 aromatic heterocycles. The van der Waals surface area contributed by atoms with E-state index < -0.39 is 42.4 Å². The standard InChI is InChI=1S/C13H13F4NO3/c14-8-2-3-9(15)7(5-8)1-4-12(19)18-10(13(20)21)6-11(16)17/h2-3,5,10-11H,1,4,6H2,(H,18,19)(H,20,21). The van der Waals surface area contributed by atoms with Gasteiger partial charge in [0, 0.05) is 12.8 Å². The van der Waals surface area contributed by atoms with Gasteiger partial charge in [-0.1, -0.05) is 0 Å². The number of aliphatic carboxylic acids is 1. The topological polar surface area (TPSA) is 66.4 Å². The van der Waals surface area contributed by atoms with Crippen molar-refractivity contribution >= 4 is 11.9 Å². The van der Waals surface area contributed by atoms with Crippen LogP contribution in [0.25, 0.3) is 0 Å². The van der Waals surface area contributed by atoms with Crippen molar-refractivity contribution in [1.29, 1.82) is 0 Å². The number of nitrogens with one attached hydrogen (secondary N) is 1. The third-order valence-corrected chi connectivity index (χ3v) is 2.68. The largest absolute Gasteiger partial charge is 0.480 e. The molecule has 1 aromatic rings. The number of benzene rings is 1. The van der Waals surface area contributed by atoms with Crippen molar-refractivity contribution in [3.63, 3.8) is 0 Å². The second kappa shape index (κ2) is 7.61. The number of carboxylic acids is 1. The maximum atomic E-state index is 13.3. The SMILES string of the molecule is O=C(CCc1cc(F)ccc1F)NC(CC(F)F)C(=O)O. The average molecular weight is 307 g/mol. The number of aryl methyl sites for hydroxylation is 1. The summed E-state index contributed by atoms with van der Waals surface area (Å²) in [6, 6.07) is 1.02. The van der Waals surface area contributed by atoms with Gasteiger partial charge in [-0.05, 0) is 30.2 Å². The molecular formula is C13H13F4NO3. The van der Waals surface area contributed by atoms with Crippen LogP contribution in [-0.4, -0.2) is 29.5 Å². The number of halogens is 4. The number of hydrogen-bond acceptors (Lipinski definition) is 2. The van der Waals surface area contributed by atoms with Crippen molar-refractivity contribution in [2.75, 3.05) is 0 Å². The van der Waals surface area contributed by atoms with Gasteiger partial charge in [-0.25, -0.2) is 22.4 Å². The van der Waals surface area contributed by atoms with Crippen molar-refractivity contribution in [2.24, 2.45) is 0 Å². The van der Waals surface area contributed by atoms with Gasteiger partial charge in [0.1, 0.15) is 17.7 Å². The molecule has 0 saturated heterocycles. The van der Waals surface area contributed by atoms with E-state index in [1.54, 1.807) is 0 Å². The summed E-state index contributed by atoms with van der Waals surface area (Å²) in [5, 5.41) is 10.6. The van der Waals surface area contributed by atoms with Gasteiger partial charge in [0.05, 0.1) is 0 Å². The number of hydrogen-bond donors (Lipinski definition) is 2. The Morgan fingerprint density at radius 2 is 1.90 bits per heavy atom. The summed E-state index contributed by atoms with van der Waals surface area (Å²) in [7, 11) is 0. The number of carboxylic acid groups (broad SMARTS) is 1. The van der Waals surface area contributed by atoms with Crippen molar-refractivity contribution in [3.8, 4) is 0 Å². The zero-order chi connectivity index (χ0) is 16.0. The molecule has 0 heterocycles. The molecule has 1 atom stereocenters. The predicted molar refractivity (Wildman–Crippen MR) is 64.9 cm³/mol. The Labute approximate surface area is 117 Å². The molecule has 116 valence electrons. The monoisotopic (exact) mass is 307 g/mol. The van der Waals surface area contributed by atoms with Gasteiger partial charge in [0.25, 0.3) is 0 Å². The number of amides is 1. The molecular weight excluding hydrogens is 294 g/mol. The van der Waals surface area contributed by atoms with Gasteiger partial charge >= 0.3 is 5.97 Å². The quantitative estimate of drug-likeness (QED) is 0.758. The molecule has 4 nitrogen and oxygen atoms in total. The van der Waals surface area contributed by atoms with E-state index in [-0.39, 0.29) is 18.4 Å². The molecule has 0 aliphatic carbocycles. The van der Waals surface area contributed by atoms with Crippen LogP contribution in [0.1, 0.15) is 18.4 Å². The van der Waals surface area contributed by atoms with E-state index in [2.05, 4.69) is 0 Å². The first-order chi connectivity index (χ1) is 9.79. The second-order valence-electron chi connectivity index (χ2n) is 4.32. The maximum Gasteiger partial charge on any atom is 0.326 e. The van der Waals surface area contributed by atoms with Crippen LogP contribution in [0.4, 0.5) is 17.6 Å². The minimum Gasteiger partial charge on any atom is -0.480 e. The molecule has 1 rings (SSSR count). The molecule has 0 bridgehead atoms. The van der Waals surface area contributed by atoms with E-state index in [1.807, 2.05) is 5.32 Å². The fourth-order valence-corrected chi connectivity index (χ4v) is 1.65. The Morgan fingerprint density at radius 1 is 1.24 bits per heavy atom. The van der Waals surface area contributed by atoms with Crippen molar-refractivity contribution in [2.45, 2.75) is 31.7 Å². The summed E-state index contributed by atoms with van der Waals surface area (Å²) in [5.74, 6) is -3.79. The lowest BCUT2D eigenvalue weighted by Gasteiger charge is -2.14. The molecule has 1 aromatic carbocycles. The number of carbonyl (C=O) groups is 2. The van der Waals surface area contributed by atoms with Gasteiger partial charge in [0.15, 0.2) is 0 Å². The van der Waals surface area contributed by atoms with E-state index in [4.69, 9.17) is 5.11 Å². The first-order valence-corrected chi connectivity index (χ1v) is 6.04. The van der Waals surface area contributed by atoms with E-state index in [0.717, 1.165) is 18.2 Å². The highest BCUT2D eigenvalue weighted by atomic mass is 19.3. The van der Waals surface area contributed by atoms with E-state index in [9.17, 15) is 27.2 Å². The molecule has 0 spiro atoms. The van der Waals surface area contributed by atoms with Gasteiger partial charge in [0.2, 0.25) is 12.3 Å². The van der Waals surface area contributed by atoms with E-state index in [0.29, 0.717) is 0 Å². The molecule has 1 unspecified atom stereocenters. The lowest BCUT2D eigenvalue weighted by atomic mass is 10.1. The molecule has 21 heavy (non-hydrogen) atoms. The highest BCUT2D eigenvalue weighted by molar-refractivity contribution is 5.83. The molecule has 0 radical (unpaired) electrons. The molecule has 1 amide bonds. The van der Waals surface area contributed by atoms with Crippen LogP contribution in [0.3, 0.4) is 0 Å². The van der Waals surface area contributed by atoms with E-state index >= 15 is 0 Å². The third kappa shape index (κ3) is 5.80. The maximum absolute atomic E-state index is 13.3. The number of rotatable bonds is 7. The zero-order valence-electron chi connectivity index (χ0n) is 10.8. The average Bonchev–Trinajstić information content (AvgIpc) is 2.38. The number of alkyl halides is 2. The summed E-state index contributed by atoms with van der Waals surface area (Å²) in [6.07, 6.45) is -4.41. The van der Waals surface area contributed by atoms with Gasteiger partial charge in [-0.2, -0.15) is 0 Å². The van der Waals surface area contributed by atoms with Gasteiger partial charge in [-0.15, -0.1) is 0 Å². The predicted octanol–water partition coefficient (Wildman–Crippen LogP) is 2.12. The highest BCUT2D eigenvalue weighted by Gasteiger charge is 2.24. The third-order valence-electron chi connectivity index (χ3n) is 2.68. The van der Waals surface area contributed by atoms with Crippen LogP contribution in [-0.2, 0) is 16.0 Å². The van der Waals surface area contributed by atoms with Crippen LogP contribution in [0.5, 0.6) is 0 Å². The fraction of sp³-hybridized carbons (Fsp3) is 0.385. The van der Waals surface area contributed by atoms with Crippen LogP contribution in [0.2, 0.25) is 0 Å². The normalized spacial score (nSPS) is 12.2. The summed E-state index contributed by atoms with van der Waals surface area (Å²) in [6.45, 7) is 0. The Morgan fingerprint density at radius 3 is 2.48 bits per heavy atom. The second-order valence-corrected chi connectivity index (χ2v) is 4.32. The first kappa shape index (κ1) is 16.9. The summed E-state index contributed by atoms with van der Waals surface area (Å²) in [4.78, 5) is 22.2. The Hall–Kier alpha value is -2.12. The lowest BCUT2D eigenvalue weighted by Crippen LogP contribution is -2.42. The van der Waals surface area contributed by atoms with Gasteiger partial charge in [-0.3, -0.25) is 4.79 Å². The summed E-state index contributed by atoms with van der Waals surface area (Å²) >= 11 is 0. The summed E-state index contributed by atoms with van der Waals surface area (Å²) in [5.41, 5.74) is -0.0501. The molecule has 0 aliphatic rings. The molecule has 0 saturated carbocycles. The minimum atomic E-state index is -2.88. The molecule has 0 aliphatic heterocycles. The van der Waals surface area contributed by atoms with Crippen molar-refractivity contribution in [3.05, 3.63) is 35.4 Å². The van der Waals surface area contributed by atoms with Crippen LogP contribution in [0, 0.1) is 11.6 Å². The van der Waals surface area contributed by atoms with Crippen LogP contribution in [0.15, 0.2) is 18.2 Å². The Balaban J connectivity index is 2.56. The fourth-order valence-electron chi connectivity index (χ4n) is 1.65. The first-order valence-electron chi connectivity index (χ1n) is 6.04. The zero-order valence-corrected chi connectivity index (χ0v) is 10.8. The lowest BCUT2D eigenvalue weighted by molar-refractivity contribution is -0.143. The molecule has 2 N–H and O–H groups in total. The summed E-state index contributed by atoms with van der Waals surface area (Å²) < 4.78 is 50.5. The van der Waals surface area contributed by atoms with Gasteiger partial charge < -0.3 is 10.4 Å². The van der Waals surface area contributed by atoms with E-state index in [1.165, 1.54) is 0 Å². The Bertz CT molecular complexity index is 522. The Kier molecular flexibility index (Phi) is 6.13. The molecule has 0 fully saturated rings. The van der Waals surface area contributed by atoms with Crippen molar-refractivity contribution in [1.82, 2.24) is 5.32 Å². The minimum absolute atomic E-state index is 0.0501. The smallest absolute Gasteiger partial charge is 0.326 e.